The summed E-state index contributed by atoms with van der Waals surface area (Å²) in [6, 6.07) is 5.20. The van der Waals surface area contributed by atoms with Crippen LogP contribution in [0, 0.1) is 0 Å². The quantitative estimate of drug-likeness (QED) is 0.892. The van der Waals surface area contributed by atoms with Crippen molar-refractivity contribution in [1.82, 2.24) is 19.7 Å². The summed E-state index contributed by atoms with van der Waals surface area (Å²) in [5.41, 5.74) is -0.532. The van der Waals surface area contributed by atoms with E-state index >= 15 is 0 Å². The molecule has 0 atom stereocenters. The molecule has 0 bridgehead atoms. The number of hydrogen-bond acceptors (Lipinski definition) is 5. The van der Waals surface area contributed by atoms with Gasteiger partial charge in [-0.3, -0.25) is 9.48 Å². The van der Waals surface area contributed by atoms with Gasteiger partial charge in [-0.05, 0) is 18.2 Å². The van der Waals surface area contributed by atoms with Crippen molar-refractivity contribution >= 4 is 17.7 Å². The molecular formula is C17H21N5O3. The second-order valence-corrected chi connectivity index (χ2v) is 6.35. The lowest BCUT2D eigenvalue weighted by Gasteiger charge is -2.39. The molecule has 0 radical (unpaired) electrons. The summed E-state index contributed by atoms with van der Waals surface area (Å²) in [7, 11) is 3.39. The average Bonchev–Trinajstić information content (AvgIpc) is 3.16. The van der Waals surface area contributed by atoms with Gasteiger partial charge in [-0.15, -0.1) is 0 Å². The number of rotatable bonds is 4. The van der Waals surface area contributed by atoms with Crippen molar-refractivity contribution in [1.29, 1.82) is 0 Å². The third kappa shape index (κ3) is 2.95. The molecule has 0 aliphatic carbocycles. The number of amides is 1. The van der Waals surface area contributed by atoms with Crippen molar-refractivity contribution in [2.75, 3.05) is 32.1 Å². The zero-order valence-electron chi connectivity index (χ0n) is 14.3. The van der Waals surface area contributed by atoms with Crippen LogP contribution in [0.5, 0.6) is 0 Å². The highest BCUT2D eigenvalue weighted by Gasteiger charge is 2.44. The lowest BCUT2D eigenvalue weighted by Crippen LogP contribution is -2.51. The zero-order valence-corrected chi connectivity index (χ0v) is 14.3. The summed E-state index contributed by atoms with van der Waals surface area (Å²) in [4.78, 5) is 32.2. The lowest BCUT2D eigenvalue weighted by molar-refractivity contribution is -0.149. The highest BCUT2D eigenvalue weighted by atomic mass is 16.4. The molecule has 132 valence electrons. The van der Waals surface area contributed by atoms with Gasteiger partial charge in [0.25, 0.3) is 5.91 Å². The van der Waals surface area contributed by atoms with E-state index in [0.29, 0.717) is 37.3 Å². The molecule has 2 aromatic rings. The Hall–Kier alpha value is -2.90. The number of carboxylic acids is 1. The molecule has 0 spiro atoms. The Morgan fingerprint density at radius 3 is 2.48 bits per heavy atom. The summed E-state index contributed by atoms with van der Waals surface area (Å²) in [5.74, 6) is -0.410. The molecule has 2 aromatic heterocycles. The average molecular weight is 343 g/mol. The molecule has 0 unspecified atom stereocenters. The highest BCUT2D eigenvalue weighted by Crippen LogP contribution is 2.32. The number of aromatic nitrogens is 3. The second kappa shape index (κ2) is 6.54. The van der Waals surface area contributed by atoms with Crippen LogP contribution >= 0.6 is 0 Å². The van der Waals surface area contributed by atoms with Crippen LogP contribution < -0.4 is 4.90 Å². The van der Waals surface area contributed by atoms with Crippen molar-refractivity contribution in [3.05, 3.63) is 42.4 Å². The molecule has 1 aliphatic rings. The van der Waals surface area contributed by atoms with Crippen LogP contribution in [0.2, 0.25) is 0 Å². The van der Waals surface area contributed by atoms with Crippen LogP contribution in [0.3, 0.4) is 0 Å². The van der Waals surface area contributed by atoms with Gasteiger partial charge in [0.05, 0.1) is 5.56 Å². The molecule has 1 aliphatic heterocycles. The molecule has 8 heteroatoms. The fourth-order valence-electron chi connectivity index (χ4n) is 3.21. The van der Waals surface area contributed by atoms with Gasteiger partial charge in [0, 0.05) is 58.6 Å². The first kappa shape index (κ1) is 16.9. The van der Waals surface area contributed by atoms with Crippen molar-refractivity contribution in [2.24, 2.45) is 0 Å². The smallest absolute Gasteiger partial charge is 0.331 e. The fourth-order valence-corrected chi connectivity index (χ4v) is 3.21. The lowest BCUT2D eigenvalue weighted by atomic mass is 9.87. The minimum atomic E-state index is -1.06. The normalized spacial score (nSPS) is 16.5. The van der Waals surface area contributed by atoms with Crippen LogP contribution in [0.1, 0.15) is 23.2 Å². The largest absolute Gasteiger partial charge is 0.479 e. The number of hydrogen-bond donors (Lipinski definition) is 1. The minimum absolute atomic E-state index is 0.120. The molecule has 1 fully saturated rings. The first-order valence-corrected chi connectivity index (χ1v) is 8.11. The monoisotopic (exact) mass is 343 g/mol. The fraction of sp³-hybridized carbons (Fsp3) is 0.412. The van der Waals surface area contributed by atoms with E-state index in [9.17, 15) is 14.7 Å². The summed E-state index contributed by atoms with van der Waals surface area (Å²) < 4.78 is 1.52. The Kier molecular flexibility index (Phi) is 4.43. The van der Waals surface area contributed by atoms with Gasteiger partial charge >= 0.3 is 5.97 Å². The van der Waals surface area contributed by atoms with Crippen molar-refractivity contribution < 1.29 is 14.7 Å². The Bertz CT molecular complexity index is 764. The van der Waals surface area contributed by atoms with Crippen LogP contribution in [0.15, 0.2) is 36.8 Å². The van der Waals surface area contributed by atoms with E-state index in [2.05, 4.69) is 10.1 Å². The molecule has 0 saturated carbocycles. The Balaban J connectivity index is 1.86. The third-order valence-corrected chi connectivity index (χ3v) is 4.65. The summed E-state index contributed by atoms with van der Waals surface area (Å²) >= 11 is 0. The molecular weight excluding hydrogens is 322 g/mol. The molecule has 8 nitrogen and oxygen atoms in total. The van der Waals surface area contributed by atoms with Crippen molar-refractivity contribution in [3.63, 3.8) is 0 Å². The van der Waals surface area contributed by atoms with Gasteiger partial charge in [0.15, 0.2) is 5.54 Å². The van der Waals surface area contributed by atoms with E-state index in [1.807, 2.05) is 4.90 Å². The number of aliphatic carboxylic acids is 1. The Labute approximate surface area is 145 Å². The first-order valence-electron chi connectivity index (χ1n) is 8.11. The summed E-state index contributed by atoms with van der Waals surface area (Å²) in [6.07, 6.45) is 5.69. The van der Waals surface area contributed by atoms with Gasteiger partial charge in [-0.2, -0.15) is 5.10 Å². The van der Waals surface area contributed by atoms with E-state index in [-0.39, 0.29) is 5.91 Å². The molecule has 1 N–H and O–H groups in total. The number of pyridine rings is 1. The van der Waals surface area contributed by atoms with E-state index in [0.717, 1.165) is 0 Å². The molecule has 3 rings (SSSR count). The van der Waals surface area contributed by atoms with E-state index in [1.165, 1.54) is 9.58 Å². The number of carboxylic acid groups (broad SMARTS) is 1. The number of anilines is 1. The second-order valence-electron chi connectivity index (χ2n) is 6.35. The number of carbonyl (C=O) groups is 2. The van der Waals surface area contributed by atoms with Crippen LogP contribution in [0.25, 0.3) is 0 Å². The maximum absolute atomic E-state index is 12.4. The molecule has 3 heterocycles. The molecule has 0 aromatic carbocycles. The summed E-state index contributed by atoms with van der Waals surface area (Å²) in [6.45, 7) is 0.966. The van der Waals surface area contributed by atoms with E-state index < -0.39 is 11.5 Å². The standard InChI is InChI=1S/C17H21N5O3/c1-20(2)15(23)13-5-3-8-18-14(13)21-11-6-17(7-12-21,16(24)25)22-10-4-9-19-22/h3-5,8-10H,6-7,11-12H2,1-2H3,(H,24,25). The van der Waals surface area contributed by atoms with Crippen molar-refractivity contribution in [2.45, 2.75) is 18.4 Å². The minimum Gasteiger partial charge on any atom is -0.479 e. The maximum Gasteiger partial charge on any atom is 0.331 e. The Morgan fingerprint density at radius 1 is 1.20 bits per heavy atom. The molecule has 1 saturated heterocycles. The van der Waals surface area contributed by atoms with Crippen LogP contribution in [-0.4, -0.2) is 63.8 Å². The van der Waals surface area contributed by atoms with Gasteiger partial charge in [-0.25, -0.2) is 9.78 Å². The summed E-state index contributed by atoms with van der Waals surface area (Å²) in [5, 5.41) is 13.9. The van der Waals surface area contributed by atoms with Crippen molar-refractivity contribution in [3.8, 4) is 0 Å². The van der Waals surface area contributed by atoms with Gasteiger partial charge in [0.1, 0.15) is 5.82 Å². The predicted octanol–water partition coefficient (Wildman–Crippen LogP) is 1.06. The molecule has 25 heavy (non-hydrogen) atoms. The maximum atomic E-state index is 12.4. The number of piperidine rings is 1. The predicted molar refractivity (Wildman–Crippen MR) is 91.5 cm³/mol. The third-order valence-electron chi connectivity index (χ3n) is 4.65. The zero-order chi connectivity index (χ0) is 18.0. The molecule has 1 amide bonds. The van der Waals surface area contributed by atoms with Crippen LogP contribution in [-0.2, 0) is 10.3 Å². The van der Waals surface area contributed by atoms with E-state index in [1.54, 1.807) is 50.9 Å². The van der Waals surface area contributed by atoms with Gasteiger partial charge < -0.3 is 14.9 Å². The van der Waals surface area contributed by atoms with Crippen LogP contribution in [0.4, 0.5) is 5.82 Å². The highest BCUT2D eigenvalue weighted by molar-refractivity contribution is 5.98. The van der Waals surface area contributed by atoms with Gasteiger partial charge in [0.2, 0.25) is 0 Å². The van der Waals surface area contributed by atoms with Gasteiger partial charge in [-0.1, -0.05) is 0 Å². The van der Waals surface area contributed by atoms with E-state index in [4.69, 9.17) is 0 Å². The topological polar surface area (TPSA) is 91.6 Å². The Morgan fingerprint density at radius 2 is 1.92 bits per heavy atom. The SMILES string of the molecule is CN(C)C(=O)c1cccnc1N1CCC(C(=O)O)(n2cccn2)CC1. The number of carbonyl (C=O) groups excluding carboxylic acids is 1. The number of nitrogens with zero attached hydrogens (tertiary/aromatic N) is 5. The first-order chi connectivity index (χ1) is 12.0.